The lowest BCUT2D eigenvalue weighted by Crippen LogP contribution is -2.13. The largest absolute Gasteiger partial charge is 0.378 e. The number of rotatable bonds is 0. The Hall–Kier alpha value is -0.780. The van der Waals surface area contributed by atoms with Crippen LogP contribution in [0.4, 0.5) is 0 Å². The van der Waals surface area contributed by atoms with Crippen molar-refractivity contribution >= 4 is 23.5 Å². The number of nitriles is 2. The molecule has 0 spiro atoms. The van der Waals surface area contributed by atoms with Gasteiger partial charge < -0.3 is 23.7 Å². The van der Waals surface area contributed by atoms with Crippen LogP contribution in [0.15, 0.2) is 9.81 Å². The van der Waals surface area contributed by atoms with Crippen LogP contribution in [-0.4, -0.2) is 77.6 Å². The molecule has 1 heterocycles. The molecule has 0 aromatic carbocycles. The molecule has 0 saturated carbocycles. The van der Waals surface area contributed by atoms with Crippen LogP contribution in [0.1, 0.15) is 0 Å². The van der Waals surface area contributed by atoms with Crippen LogP contribution >= 0.6 is 23.5 Å². The molecule has 0 fully saturated rings. The van der Waals surface area contributed by atoms with Gasteiger partial charge in [0.25, 0.3) is 0 Å². The van der Waals surface area contributed by atoms with Gasteiger partial charge in [-0.25, -0.2) is 0 Å². The molecule has 0 bridgehead atoms. The van der Waals surface area contributed by atoms with E-state index in [1.807, 2.05) is 0 Å². The summed E-state index contributed by atoms with van der Waals surface area (Å²) >= 11 is 2.67. The number of ether oxygens (including phenoxy) is 5. The van der Waals surface area contributed by atoms with Gasteiger partial charge in [0.1, 0.15) is 21.9 Å². The summed E-state index contributed by atoms with van der Waals surface area (Å²) in [5, 5.41) is 18.4. The molecule has 9 heteroatoms. The van der Waals surface area contributed by atoms with Gasteiger partial charge in [0.15, 0.2) is 0 Å². The highest BCUT2D eigenvalue weighted by atomic mass is 32.2. The summed E-state index contributed by atoms with van der Waals surface area (Å²) in [6, 6.07) is 4.18. The van der Waals surface area contributed by atoms with Crippen LogP contribution in [-0.2, 0) is 23.7 Å². The van der Waals surface area contributed by atoms with Gasteiger partial charge in [0, 0.05) is 11.5 Å². The van der Waals surface area contributed by atoms with Crippen molar-refractivity contribution in [2.75, 3.05) is 77.6 Å². The van der Waals surface area contributed by atoms with E-state index >= 15 is 0 Å². The third-order valence-electron chi connectivity index (χ3n) is 2.85. The van der Waals surface area contributed by atoms with Gasteiger partial charge in [0.05, 0.1) is 66.1 Å². The monoisotopic (exact) mass is 388 g/mol. The minimum absolute atomic E-state index is 0.429. The standard InChI is InChI=1S/C16H24N2O5S2/c17-13-15-16(14-18)25-12-10-23-8-6-21-4-2-19-1-3-20-5-7-22-9-11-24-15/h1-12H2/b16-15-. The fourth-order valence-corrected chi connectivity index (χ4v) is 3.33. The topological polar surface area (TPSA) is 93.7 Å². The average molecular weight is 389 g/mol. The van der Waals surface area contributed by atoms with Crippen molar-refractivity contribution in [1.29, 1.82) is 10.5 Å². The third-order valence-corrected chi connectivity index (χ3v) is 4.88. The maximum Gasteiger partial charge on any atom is 0.109 e. The van der Waals surface area contributed by atoms with E-state index in [9.17, 15) is 10.5 Å². The van der Waals surface area contributed by atoms with Crippen molar-refractivity contribution in [1.82, 2.24) is 0 Å². The molecule has 1 aliphatic rings. The van der Waals surface area contributed by atoms with Gasteiger partial charge in [0.2, 0.25) is 0 Å². The highest BCUT2D eigenvalue weighted by Crippen LogP contribution is 2.26. The Kier molecular flexibility index (Phi) is 14.8. The molecular formula is C16H24N2O5S2. The Morgan fingerprint density at radius 3 is 1.08 bits per heavy atom. The maximum atomic E-state index is 9.22. The van der Waals surface area contributed by atoms with Crippen LogP contribution in [0.2, 0.25) is 0 Å². The van der Waals surface area contributed by atoms with Gasteiger partial charge in [-0.15, -0.1) is 23.5 Å². The molecule has 0 amide bonds. The fraction of sp³-hybridized carbons (Fsp3) is 0.750. The summed E-state index contributed by atoms with van der Waals surface area (Å²) in [6.45, 7) is 5.08. The number of allylic oxidation sites excluding steroid dienone is 2. The van der Waals surface area contributed by atoms with Crippen LogP contribution in [0.25, 0.3) is 0 Å². The molecule has 0 aromatic heterocycles. The van der Waals surface area contributed by atoms with Crippen LogP contribution < -0.4 is 0 Å². The second kappa shape index (κ2) is 16.7. The van der Waals surface area contributed by atoms with Gasteiger partial charge in [-0.3, -0.25) is 0 Å². The number of hydrogen-bond acceptors (Lipinski definition) is 9. The van der Waals surface area contributed by atoms with E-state index < -0.39 is 0 Å². The van der Waals surface area contributed by atoms with Crippen molar-refractivity contribution in [2.24, 2.45) is 0 Å². The number of thioether (sulfide) groups is 2. The lowest BCUT2D eigenvalue weighted by molar-refractivity contribution is -0.00902. The molecule has 25 heavy (non-hydrogen) atoms. The van der Waals surface area contributed by atoms with E-state index in [0.717, 1.165) is 0 Å². The predicted molar refractivity (Wildman–Crippen MR) is 97.3 cm³/mol. The highest BCUT2D eigenvalue weighted by molar-refractivity contribution is 8.07. The van der Waals surface area contributed by atoms with Gasteiger partial charge in [-0.1, -0.05) is 0 Å². The summed E-state index contributed by atoms with van der Waals surface area (Å²) in [6.07, 6.45) is 0. The first-order chi connectivity index (χ1) is 12.4. The molecule has 0 unspecified atom stereocenters. The molecule has 1 rings (SSSR count). The molecule has 0 N–H and O–H groups in total. The fourth-order valence-electron chi connectivity index (χ4n) is 1.68. The second-order valence-electron chi connectivity index (χ2n) is 4.64. The first-order valence-electron chi connectivity index (χ1n) is 8.07. The van der Waals surface area contributed by atoms with Gasteiger partial charge >= 0.3 is 0 Å². The van der Waals surface area contributed by atoms with Crippen molar-refractivity contribution in [3.05, 3.63) is 9.81 Å². The minimum Gasteiger partial charge on any atom is -0.378 e. The van der Waals surface area contributed by atoms with E-state index in [4.69, 9.17) is 23.7 Å². The lowest BCUT2D eigenvalue weighted by atomic mass is 10.5. The summed E-state index contributed by atoms with van der Waals surface area (Å²) in [4.78, 5) is 0.859. The summed E-state index contributed by atoms with van der Waals surface area (Å²) in [5.41, 5.74) is 0. The van der Waals surface area contributed by atoms with E-state index in [1.54, 1.807) is 0 Å². The summed E-state index contributed by atoms with van der Waals surface area (Å²) < 4.78 is 27.0. The zero-order chi connectivity index (χ0) is 18.0. The zero-order valence-electron chi connectivity index (χ0n) is 14.2. The maximum absolute atomic E-state index is 9.22. The van der Waals surface area contributed by atoms with Crippen LogP contribution in [0.5, 0.6) is 0 Å². The second-order valence-corrected chi connectivity index (χ2v) is 6.85. The molecule has 0 saturated heterocycles. The molecular weight excluding hydrogens is 364 g/mol. The molecule has 140 valence electrons. The van der Waals surface area contributed by atoms with Crippen molar-refractivity contribution < 1.29 is 23.7 Å². The van der Waals surface area contributed by atoms with E-state index in [0.29, 0.717) is 87.4 Å². The van der Waals surface area contributed by atoms with Gasteiger partial charge in [-0.05, 0) is 0 Å². The highest BCUT2D eigenvalue weighted by Gasteiger charge is 2.08. The smallest absolute Gasteiger partial charge is 0.109 e. The Labute approximate surface area is 157 Å². The van der Waals surface area contributed by atoms with Crippen LogP contribution in [0.3, 0.4) is 0 Å². The van der Waals surface area contributed by atoms with Crippen molar-refractivity contribution in [2.45, 2.75) is 0 Å². The Morgan fingerprint density at radius 1 is 0.520 bits per heavy atom. The number of nitrogens with zero attached hydrogens (tertiary/aromatic N) is 2. The van der Waals surface area contributed by atoms with E-state index in [2.05, 4.69) is 12.1 Å². The normalized spacial score (nSPS) is 24.4. The third kappa shape index (κ3) is 12.2. The molecule has 0 aliphatic carbocycles. The summed E-state index contributed by atoms with van der Waals surface area (Å²) in [7, 11) is 0. The van der Waals surface area contributed by atoms with Crippen molar-refractivity contribution in [3.8, 4) is 12.1 Å². The first kappa shape index (κ1) is 22.3. The van der Waals surface area contributed by atoms with Crippen LogP contribution in [0, 0.1) is 22.7 Å². The van der Waals surface area contributed by atoms with E-state index in [1.165, 1.54) is 23.5 Å². The SMILES string of the molecule is N#C/C1=C(\C#N)SCCOCCOCCOCCOCCOCCS1. The van der Waals surface area contributed by atoms with Crippen molar-refractivity contribution in [3.63, 3.8) is 0 Å². The quantitative estimate of drug-likeness (QED) is 0.616. The minimum atomic E-state index is 0.429. The molecule has 7 nitrogen and oxygen atoms in total. The average Bonchev–Trinajstić information content (AvgIpc) is 2.63. The molecule has 1 aliphatic heterocycles. The Balaban J connectivity index is 2.40. The van der Waals surface area contributed by atoms with E-state index in [-0.39, 0.29) is 0 Å². The molecule has 0 aromatic rings. The Bertz CT molecular complexity index is 422. The molecule has 0 atom stereocenters. The first-order valence-corrected chi connectivity index (χ1v) is 10.0. The molecule has 0 radical (unpaired) electrons. The number of hydrogen-bond donors (Lipinski definition) is 0. The zero-order valence-corrected chi connectivity index (χ0v) is 15.9. The summed E-state index contributed by atoms with van der Waals surface area (Å²) in [5.74, 6) is 1.23. The lowest BCUT2D eigenvalue weighted by Gasteiger charge is -2.07. The predicted octanol–water partition coefficient (Wildman–Crippen LogP) is 1.81. The Morgan fingerprint density at radius 2 is 0.800 bits per heavy atom. The van der Waals surface area contributed by atoms with Gasteiger partial charge in [-0.2, -0.15) is 10.5 Å².